The zero-order chi connectivity index (χ0) is 24.2. The average molecular weight is 491 g/mol. The second-order valence-corrected chi connectivity index (χ2v) is 10.3. The van der Waals surface area contributed by atoms with Crippen molar-refractivity contribution >= 4 is 82.3 Å². The number of benzene rings is 6. The smallest absolute Gasteiger partial charge is 0.0626 e. The second-order valence-electron chi connectivity index (χ2n) is 9.91. The van der Waals surface area contributed by atoms with Gasteiger partial charge >= 0.3 is 0 Å². The highest BCUT2D eigenvalue weighted by molar-refractivity contribution is 6.37. The molecule has 3 heteroatoms. The lowest BCUT2D eigenvalue weighted by Gasteiger charge is -2.09. The van der Waals surface area contributed by atoms with Gasteiger partial charge in [0.05, 0.1) is 27.6 Å². The third-order valence-electron chi connectivity index (χ3n) is 8.05. The molecule has 6 aromatic carbocycles. The normalized spacial score (nSPS) is 12.5. The summed E-state index contributed by atoms with van der Waals surface area (Å²) < 4.78 is 4.88. The Morgan fingerprint density at radius 3 is 2.08 bits per heavy atom. The summed E-state index contributed by atoms with van der Waals surface area (Å²) in [6, 6.07) is 41.6. The van der Waals surface area contributed by atoms with Crippen molar-refractivity contribution in [1.29, 1.82) is 0 Å². The minimum absolute atomic E-state index is 0.759. The van der Waals surface area contributed by atoms with Gasteiger partial charge in [0.2, 0.25) is 0 Å². The first kappa shape index (κ1) is 19.6. The van der Waals surface area contributed by atoms with E-state index in [4.69, 9.17) is 11.6 Å². The van der Waals surface area contributed by atoms with Gasteiger partial charge in [0.25, 0.3) is 0 Å². The van der Waals surface area contributed by atoms with Crippen LogP contribution in [0.25, 0.3) is 76.4 Å². The van der Waals surface area contributed by atoms with E-state index in [0.29, 0.717) is 0 Å². The van der Waals surface area contributed by atoms with Crippen LogP contribution in [0.2, 0.25) is 5.02 Å². The molecule has 0 amide bonds. The third-order valence-corrected chi connectivity index (χ3v) is 8.29. The van der Waals surface area contributed by atoms with Crippen LogP contribution in [0.15, 0.2) is 115 Å². The lowest BCUT2D eigenvalue weighted by molar-refractivity contribution is 1.18. The fourth-order valence-electron chi connectivity index (χ4n) is 6.68. The van der Waals surface area contributed by atoms with Crippen LogP contribution in [0.5, 0.6) is 0 Å². The molecule has 3 heterocycles. The van der Waals surface area contributed by atoms with E-state index in [2.05, 4.69) is 118 Å². The monoisotopic (exact) mass is 490 g/mol. The summed E-state index contributed by atoms with van der Waals surface area (Å²) in [5.74, 6) is 0. The number of aromatic nitrogens is 2. The summed E-state index contributed by atoms with van der Waals surface area (Å²) in [7, 11) is 0. The predicted octanol–water partition coefficient (Wildman–Crippen LogP) is 9.74. The van der Waals surface area contributed by atoms with Gasteiger partial charge in [0.1, 0.15) is 0 Å². The molecule has 9 aromatic rings. The van der Waals surface area contributed by atoms with Crippen LogP contribution >= 0.6 is 11.6 Å². The molecule has 0 aliphatic heterocycles. The molecule has 0 fully saturated rings. The minimum atomic E-state index is 0.759. The Labute approximate surface area is 216 Å². The zero-order valence-corrected chi connectivity index (χ0v) is 20.5. The van der Waals surface area contributed by atoms with Gasteiger partial charge in [-0.05, 0) is 70.8 Å². The van der Waals surface area contributed by atoms with E-state index < -0.39 is 0 Å². The Kier molecular flexibility index (Phi) is 3.62. The van der Waals surface area contributed by atoms with Gasteiger partial charge in [0, 0.05) is 37.6 Å². The highest BCUT2D eigenvalue weighted by Crippen LogP contribution is 2.46. The summed E-state index contributed by atoms with van der Waals surface area (Å²) in [6.07, 6.45) is 0. The number of hydrogen-bond donors (Lipinski definition) is 0. The fourth-order valence-corrected chi connectivity index (χ4v) is 6.85. The minimum Gasteiger partial charge on any atom is -0.309 e. The molecule has 0 spiro atoms. The lowest BCUT2D eigenvalue weighted by atomic mass is 9.98. The van der Waals surface area contributed by atoms with Crippen molar-refractivity contribution in [2.75, 3.05) is 0 Å². The molecule has 2 nitrogen and oxygen atoms in total. The molecule has 0 N–H and O–H groups in total. The molecule has 0 aliphatic rings. The van der Waals surface area contributed by atoms with Gasteiger partial charge < -0.3 is 8.97 Å². The van der Waals surface area contributed by atoms with Crippen molar-refractivity contribution in [3.63, 3.8) is 0 Å². The molecule has 0 unspecified atom stereocenters. The first-order valence-corrected chi connectivity index (χ1v) is 13.0. The number of hydrogen-bond acceptors (Lipinski definition) is 0. The Morgan fingerprint density at radius 1 is 0.459 bits per heavy atom. The molecule has 0 aliphatic carbocycles. The Balaban J connectivity index is 1.73. The quantitative estimate of drug-likeness (QED) is 0.216. The van der Waals surface area contributed by atoms with E-state index in [0.717, 1.165) is 5.02 Å². The van der Waals surface area contributed by atoms with E-state index in [1.807, 2.05) is 6.07 Å². The maximum Gasteiger partial charge on any atom is 0.0626 e. The van der Waals surface area contributed by atoms with Crippen molar-refractivity contribution in [1.82, 2.24) is 8.97 Å². The van der Waals surface area contributed by atoms with Crippen LogP contribution in [-0.4, -0.2) is 8.97 Å². The van der Waals surface area contributed by atoms with Crippen molar-refractivity contribution in [3.05, 3.63) is 120 Å². The number of rotatable bonds is 1. The molecule has 172 valence electrons. The van der Waals surface area contributed by atoms with Gasteiger partial charge in [0.15, 0.2) is 0 Å². The van der Waals surface area contributed by atoms with Crippen LogP contribution in [0.1, 0.15) is 0 Å². The largest absolute Gasteiger partial charge is 0.309 e. The van der Waals surface area contributed by atoms with E-state index in [1.54, 1.807) is 0 Å². The maximum atomic E-state index is 6.56. The molecule has 0 atom stereocenters. The van der Waals surface area contributed by atoms with Crippen LogP contribution in [0.4, 0.5) is 0 Å². The molecule has 0 saturated heterocycles. The number of para-hydroxylation sites is 1. The van der Waals surface area contributed by atoms with Gasteiger partial charge in [-0.1, -0.05) is 72.3 Å². The van der Waals surface area contributed by atoms with Crippen molar-refractivity contribution < 1.29 is 0 Å². The summed E-state index contributed by atoms with van der Waals surface area (Å²) >= 11 is 6.56. The van der Waals surface area contributed by atoms with Crippen molar-refractivity contribution in [3.8, 4) is 5.69 Å². The van der Waals surface area contributed by atoms with Crippen molar-refractivity contribution in [2.24, 2.45) is 0 Å². The molecular formula is C34H19ClN2. The van der Waals surface area contributed by atoms with E-state index in [1.165, 1.54) is 76.4 Å². The van der Waals surface area contributed by atoms with Crippen LogP contribution in [0, 0.1) is 0 Å². The molecule has 9 rings (SSSR count). The standard InChI is InChI=1S/C34H19ClN2/c35-21-16-17-27-25(19-21)26-18-20-8-4-5-11-23(20)31-24-12-6-13-28-32(24)33-29(36(28)22-9-2-1-3-10-22)14-7-15-30(33)37(27)34(26)31/h1-19H. The lowest BCUT2D eigenvalue weighted by Crippen LogP contribution is -1.93. The predicted molar refractivity (Wildman–Crippen MR) is 158 cm³/mol. The van der Waals surface area contributed by atoms with Gasteiger partial charge in [-0.3, -0.25) is 0 Å². The van der Waals surface area contributed by atoms with Gasteiger partial charge in [-0.2, -0.15) is 0 Å². The van der Waals surface area contributed by atoms with Gasteiger partial charge in [-0.25, -0.2) is 0 Å². The number of halogens is 1. The van der Waals surface area contributed by atoms with E-state index in [9.17, 15) is 0 Å². The number of nitrogens with zero attached hydrogens (tertiary/aromatic N) is 2. The highest BCUT2D eigenvalue weighted by atomic mass is 35.5. The summed E-state index contributed by atoms with van der Waals surface area (Å²) in [6.45, 7) is 0. The average Bonchev–Trinajstić information content (AvgIpc) is 3.40. The zero-order valence-electron chi connectivity index (χ0n) is 19.7. The Hall–Kier alpha value is -4.53. The van der Waals surface area contributed by atoms with E-state index >= 15 is 0 Å². The number of fused-ring (bicyclic) bond motifs is 7. The Morgan fingerprint density at radius 2 is 1.19 bits per heavy atom. The SMILES string of the molecule is Clc1ccc2c(c1)c1cc3ccccc3c3c4cccc5c4c4c(cccc4n2c13)n5-c1ccccc1. The van der Waals surface area contributed by atoms with Crippen LogP contribution in [-0.2, 0) is 0 Å². The maximum absolute atomic E-state index is 6.56. The highest BCUT2D eigenvalue weighted by Gasteiger charge is 2.23. The summed E-state index contributed by atoms with van der Waals surface area (Å²) in [5, 5.41) is 10.8. The van der Waals surface area contributed by atoms with Crippen molar-refractivity contribution in [2.45, 2.75) is 0 Å². The Bertz CT molecular complexity index is 2360. The topological polar surface area (TPSA) is 9.34 Å². The third kappa shape index (κ3) is 2.37. The molecule has 3 aromatic heterocycles. The van der Waals surface area contributed by atoms with Crippen LogP contribution in [0.3, 0.4) is 0 Å². The van der Waals surface area contributed by atoms with Crippen LogP contribution < -0.4 is 0 Å². The molecule has 0 bridgehead atoms. The first-order chi connectivity index (χ1) is 18.3. The molecule has 0 radical (unpaired) electrons. The fraction of sp³-hybridized carbons (Fsp3) is 0. The summed E-state index contributed by atoms with van der Waals surface area (Å²) in [4.78, 5) is 0. The second kappa shape index (κ2) is 6.82. The molecule has 0 saturated carbocycles. The molecule has 37 heavy (non-hydrogen) atoms. The van der Waals surface area contributed by atoms with E-state index in [-0.39, 0.29) is 0 Å². The summed E-state index contributed by atoms with van der Waals surface area (Å²) in [5.41, 5.74) is 7.25. The first-order valence-electron chi connectivity index (χ1n) is 12.6. The van der Waals surface area contributed by atoms with Gasteiger partial charge in [-0.15, -0.1) is 0 Å². The molecular weight excluding hydrogens is 472 g/mol.